The van der Waals surface area contributed by atoms with E-state index in [9.17, 15) is 0 Å². The minimum absolute atomic E-state index is 0.847. The number of hydrogen-bond acceptors (Lipinski definition) is 0. The first-order chi connectivity index (χ1) is 5.43. The third-order valence-electron chi connectivity index (χ3n) is 2.38. The Morgan fingerprint density at radius 2 is 1.55 bits per heavy atom. The molecule has 2 heteroatoms. The molecule has 11 heavy (non-hydrogen) atoms. The van der Waals surface area contributed by atoms with E-state index in [0.717, 1.165) is 23.2 Å². The van der Waals surface area contributed by atoms with E-state index in [1.54, 1.807) is 0 Å². The summed E-state index contributed by atoms with van der Waals surface area (Å²) in [4.78, 5) is 0. The molecule has 0 saturated heterocycles. The summed E-state index contributed by atoms with van der Waals surface area (Å²) in [5.74, 6) is 0.965. The van der Waals surface area contributed by atoms with Crippen molar-refractivity contribution in [1.29, 1.82) is 0 Å². The van der Waals surface area contributed by atoms with Gasteiger partial charge in [-0.25, -0.2) is 0 Å². The summed E-state index contributed by atoms with van der Waals surface area (Å²) in [5, 5.41) is 0. The van der Waals surface area contributed by atoms with Crippen LogP contribution in [0.1, 0.15) is 44.9 Å². The third kappa shape index (κ3) is 6.11. The molecule has 0 N–H and O–H groups in total. The van der Waals surface area contributed by atoms with Crippen LogP contribution in [0.25, 0.3) is 0 Å². The fraction of sp³-hybridized carbons (Fsp3) is 0.889. The van der Waals surface area contributed by atoms with Crippen molar-refractivity contribution in [3.05, 3.63) is 6.92 Å². The van der Waals surface area contributed by atoms with Crippen LogP contribution < -0.4 is 0 Å². The van der Waals surface area contributed by atoms with Gasteiger partial charge in [0.05, 0.1) is 0 Å². The van der Waals surface area contributed by atoms with Crippen molar-refractivity contribution in [2.75, 3.05) is 0 Å². The van der Waals surface area contributed by atoms with Gasteiger partial charge in [0, 0.05) is 0 Å². The zero-order valence-corrected chi connectivity index (χ0v) is 11.0. The van der Waals surface area contributed by atoms with Gasteiger partial charge in [0.2, 0.25) is 0 Å². The first kappa shape index (κ1) is 11.9. The quantitative estimate of drug-likeness (QED) is 0.361. The third-order valence-corrected chi connectivity index (χ3v) is 2.38. The first-order valence-corrected chi connectivity index (χ1v) is 8.39. The summed E-state index contributed by atoms with van der Waals surface area (Å²) in [5.41, 5.74) is 0. The average molecular weight is 226 g/mol. The summed E-state index contributed by atoms with van der Waals surface area (Å²) in [7, 11) is 4.76. The minimum atomic E-state index is 0.847. The molecule has 1 rings (SSSR count). The number of rotatable bonds is 1. The Morgan fingerprint density at radius 3 is 1.91 bits per heavy atom. The van der Waals surface area contributed by atoms with Crippen LogP contribution in [0.5, 0.6) is 0 Å². The van der Waals surface area contributed by atoms with Gasteiger partial charge in [-0.1, -0.05) is 44.4 Å². The molecule has 0 amide bonds. The van der Waals surface area contributed by atoms with E-state index >= 15 is 0 Å². The molecule has 0 aliphatic heterocycles. The zero-order chi connectivity index (χ0) is 8.53. The van der Waals surface area contributed by atoms with Gasteiger partial charge < -0.3 is 6.92 Å². The Bertz CT molecular complexity index is 68.0. The Hall–Kier alpha value is 0.913. The van der Waals surface area contributed by atoms with Gasteiger partial charge in [0.15, 0.2) is 0 Å². The van der Waals surface area contributed by atoms with Crippen LogP contribution in [-0.2, 0) is 17.3 Å². The topological polar surface area (TPSA) is 0 Å². The standard InChI is InChI=1S/C9H17.ClH.Zn/c1-2-9-7-5-3-4-6-8-9;;/h9H,1-8H2;1H;/q-1;;+2/p-1. The average Bonchev–Trinajstić information content (AvgIpc) is 2.35. The second-order valence-electron chi connectivity index (χ2n) is 3.15. The van der Waals surface area contributed by atoms with Gasteiger partial charge in [0.1, 0.15) is 0 Å². The molecular weight excluding hydrogens is 209 g/mol. The molecular formula is C9H17ClZn. The Labute approximate surface area is 84.8 Å². The van der Waals surface area contributed by atoms with Crippen LogP contribution in [0, 0.1) is 12.8 Å². The molecule has 0 heterocycles. The van der Waals surface area contributed by atoms with E-state index < -0.39 is 0 Å². The fourth-order valence-corrected chi connectivity index (χ4v) is 1.65. The zero-order valence-electron chi connectivity index (χ0n) is 7.32. The summed E-state index contributed by atoms with van der Waals surface area (Å²) in [6.07, 6.45) is 9.92. The van der Waals surface area contributed by atoms with Gasteiger partial charge in [-0.3, -0.25) is 0 Å². The van der Waals surface area contributed by atoms with Crippen molar-refractivity contribution in [1.82, 2.24) is 0 Å². The molecule has 1 aliphatic carbocycles. The predicted molar refractivity (Wildman–Crippen MR) is 47.0 cm³/mol. The number of hydrogen-bond donors (Lipinski definition) is 0. The fourth-order valence-electron chi connectivity index (χ4n) is 1.65. The van der Waals surface area contributed by atoms with Gasteiger partial charge in [-0.05, 0) is 0 Å². The van der Waals surface area contributed by atoms with Crippen molar-refractivity contribution in [3.8, 4) is 0 Å². The van der Waals surface area contributed by atoms with E-state index in [2.05, 4.69) is 6.92 Å². The van der Waals surface area contributed by atoms with Crippen LogP contribution in [0.15, 0.2) is 0 Å². The maximum absolute atomic E-state index is 4.76. The summed E-state index contributed by atoms with van der Waals surface area (Å²) < 4.78 is 0. The Balaban J connectivity index is 0.000000461. The molecule has 1 saturated carbocycles. The molecule has 0 radical (unpaired) electrons. The molecule has 0 atom stereocenters. The molecule has 0 unspecified atom stereocenters. The molecule has 1 aliphatic rings. The van der Waals surface area contributed by atoms with Crippen LogP contribution in [0.2, 0.25) is 0 Å². The van der Waals surface area contributed by atoms with Crippen molar-refractivity contribution in [3.63, 3.8) is 0 Å². The van der Waals surface area contributed by atoms with E-state index in [1.165, 1.54) is 44.9 Å². The van der Waals surface area contributed by atoms with Crippen molar-refractivity contribution in [2.45, 2.75) is 44.9 Å². The first-order valence-electron chi connectivity index (χ1n) is 4.49. The van der Waals surface area contributed by atoms with E-state index in [0.29, 0.717) is 0 Å². The second-order valence-corrected chi connectivity index (χ2v) is 3.15. The molecule has 0 bridgehead atoms. The van der Waals surface area contributed by atoms with E-state index in [1.807, 2.05) is 0 Å². The molecule has 0 spiro atoms. The second kappa shape index (κ2) is 9.01. The summed E-state index contributed by atoms with van der Waals surface area (Å²) >= 11 is 0.847. The molecule has 62 valence electrons. The van der Waals surface area contributed by atoms with Gasteiger partial charge >= 0.3 is 27.0 Å². The Morgan fingerprint density at radius 1 is 1.09 bits per heavy atom. The molecule has 0 aromatic heterocycles. The van der Waals surface area contributed by atoms with Crippen LogP contribution in [-0.4, -0.2) is 0 Å². The van der Waals surface area contributed by atoms with E-state index in [4.69, 9.17) is 9.69 Å². The predicted octanol–water partition coefficient (Wildman–Crippen LogP) is 3.87. The van der Waals surface area contributed by atoms with Crippen LogP contribution >= 0.6 is 9.69 Å². The monoisotopic (exact) mass is 224 g/mol. The van der Waals surface area contributed by atoms with Crippen molar-refractivity contribution < 1.29 is 17.3 Å². The van der Waals surface area contributed by atoms with Gasteiger partial charge in [-0.2, -0.15) is 6.42 Å². The van der Waals surface area contributed by atoms with Crippen LogP contribution in [0.3, 0.4) is 0 Å². The van der Waals surface area contributed by atoms with Crippen molar-refractivity contribution >= 4 is 9.69 Å². The molecule has 0 aromatic rings. The van der Waals surface area contributed by atoms with Gasteiger partial charge in [-0.15, -0.1) is 0 Å². The van der Waals surface area contributed by atoms with Crippen molar-refractivity contribution in [2.24, 2.45) is 5.92 Å². The maximum atomic E-state index is 4.76. The normalized spacial score (nSPS) is 20.0. The SMILES string of the molecule is [CH2-]CC1CCCCCC1.[Cl][Zn+]. The Kier molecular flexibility index (Phi) is 9.75. The molecule has 0 nitrogen and oxygen atoms in total. The number of halogens is 1. The molecule has 0 aromatic carbocycles. The summed E-state index contributed by atoms with van der Waals surface area (Å²) in [6, 6.07) is 0. The van der Waals surface area contributed by atoms with E-state index in [-0.39, 0.29) is 0 Å². The van der Waals surface area contributed by atoms with Crippen LogP contribution in [0.4, 0.5) is 0 Å². The molecule has 1 fully saturated rings. The van der Waals surface area contributed by atoms with Gasteiger partial charge in [0.25, 0.3) is 0 Å². The summed E-state index contributed by atoms with van der Waals surface area (Å²) in [6.45, 7) is 3.95.